The van der Waals surface area contributed by atoms with Gasteiger partial charge in [0.1, 0.15) is 0 Å². The second-order valence-electron chi connectivity index (χ2n) is 4.34. The Hall–Kier alpha value is -0.660. The van der Waals surface area contributed by atoms with Gasteiger partial charge < -0.3 is 9.84 Å². The Morgan fingerprint density at radius 3 is 2.50 bits per heavy atom. The Morgan fingerprint density at radius 1 is 1.28 bits per heavy atom. The molecule has 6 nitrogen and oxygen atoms in total. The first kappa shape index (κ1) is 17.3. The van der Waals surface area contributed by atoms with Crippen LogP contribution >= 0.6 is 0 Å². The number of nitrogens with one attached hydrogen (secondary N) is 1. The highest BCUT2D eigenvalue weighted by molar-refractivity contribution is 7.89. The predicted molar refractivity (Wildman–Crippen MR) is 69.0 cm³/mol. The third-order valence-electron chi connectivity index (χ3n) is 2.19. The topological polar surface area (TPSA) is 92.7 Å². The number of sulfonamides is 1. The quantitative estimate of drug-likeness (QED) is 0.551. The fourth-order valence-electron chi connectivity index (χ4n) is 1.27. The molecule has 0 saturated heterocycles. The smallest absolute Gasteiger partial charge is 0.303 e. The largest absolute Gasteiger partial charge is 0.481 e. The van der Waals surface area contributed by atoms with Gasteiger partial charge in [-0.1, -0.05) is 6.42 Å². The fraction of sp³-hybridized carbons (Fsp3) is 0.909. The molecular formula is C11H23NO5S. The average molecular weight is 281 g/mol. The molecule has 0 aromatic rings. The van der Waals surface area contributed by atoms with Gasteiger partial charge in [0.2, 0.25) is 10.0 Å². The predicted octanol–water partition coefficient (Wildman–Crippen LogP) is 0.976. The molecule has 0 aliphatic heterocycles. The number of carbonyl (C=O) groups is 1. The molecule has 0 rings (SSSR count). The molecule has 0 aromatic carbocycles. The summed E-state index contributed by atoms with van der Waals surface area (Å²) in [5.41, 5.74) is 0. The van der Waals surface area contributed by atoms with E-state index in [9.17, 15) is 13.2 Å². The summed E-state index contributed by atoms with van der Waals surface area (Å²) in [7, 11) is -3.27. The zero-order chi connectivity index (χ0) is 14.0. The van der Waals surface area contributed by atoms with E-state index < -0.39 is 16.0 Å². The van der Waals surface area contributed by atoms with Crippen molar-refractivity contribution < 1.29 is 23.1 Å². The lowest BCUT2D eigenvalue weighted by atomic mass is 10.2. The van der Waals surface area contributed by atoms with Crippen LogP contribution < -0.4 is 4.72 Å². The Labute approximate surface area is 109 Å². The lowest BCUT2D eigenvalue weighted by molar-refractivity contribution is -0.137. The molecule has 0 aliphatic carbocycles. The third-order valence-corrected chi connectivity index (χ3v) is 3.54. The highest BCUT2D eigenvalue weighted by Crippen LogP contribution is 1.99. The molecule has 2 N–H and O–H groups in total. The van der Waals surface area contributed by atoms with Crippen molar-refractivity contribution in [2.75, 3.05) is 18.9 Å². The van der Waals surface area contributed by atoms with Gasteiger partial charge in [-0.3, -0.25) is 4.79 Å². The Kier molecular flexibility index (Phi) is 8.95. The molecule has 0 aromatic heterocycles. The van der Waals surface area contributed by atoms with E-state index in [1.54, 1.807) is 0 Å². The molecule has 0 atom stereocenters. The molecular weight excluding hydrogens is 258 g/mol. The standard InChI is InChI=1S/C11H23NO5S/c1-10(2)17-8-9-18(15,16)12-7-5-3-4-6-11(13)14/h10,12H,3-9H2,1-2H3,(H,13,14). The maximum atomic E-state index is 11.5. The van der Waals surface area contributed by atoms with Crippen LogP contribution in [0.4, 0.5) is 0 Å². The van der Waals surface area contributed by atoms with Crippen LogP contribution in [0.25, 0.3) is 0 Å². The van der Waals surface area contributed by atoms with E-state index in [1.807, 2.05) is 13.8 Å². The van der Waals surface area contributed by atoms with E-state index in [4.69, 9.17) is 9.84 Å². The monoisotopic (exact) mass is 281 g/mol. The molecule has 0 heterocycles. The van der Waals surface area contributed by atoms with E-state index in [2.05, 4.69) is 4.72 Å². The molecule has 0 spiro atoms. The first-order chi connectivity index (χ1) is 8.33. The van der Waals surface area contributed by atoms with Gasteiger partial charge in [0.05, 0.1) is 18.5 Å². The minimum absolute atomic E-state index is 0.0243. The van der Waals surface area contributed by atoms with Gasteiger partial charge in [0.15, 0.2) is 0 Å². The van der Waals surface area contributed by atoms with E-state index >= 15 is 0 Å². The van der Waals surface area contributed by atoms with Crippen LogP contribution in [-0.2, 0) is 19.6 Å². The van der Waals surface area contributed by atoms with E-state index in [-0.39, 0.29) is 24.9 Å². The number of aliphatic carboxylic acids is 1. The van der Waals surface area contributed by atoms with Crippen LogP contribution in [0.3, 0.4) is 0 Å². The van der Waals surface area contributed by atoms with Crippen molar-refractivity contribution in [3.8, 4) is 0 Å². The number of hydrogen-bond acceptors (Lipinski definition) is 4. The fourth-order valence-corrected chi connectivity index (χ4v) is 2.19. The van der Waals surface area contributed by atoms with Crippen LogP contribution in [-0.4, -0.2) is 44.5 Å². The van der Waals surface area contributed by atoms with Crippen molar-refractivity contribution in [2.45, 2.75) is 45.6 Å². The summed E-state index contributed by atoms with van der Waals surface area (Å²) in [6.45, 7) is 4.24. The number of carboxylic acids is 1. The van der Waals surface area contributed by atoms with Gasteiger partial charge >= 0.3 is 5.97 Å². The molecule has 0 unspecified atom stereocenters. The highest BCUT2D eigenvalue weighted by Gasteiger charge is 2.09. The van der Waals surface area contributed by atoms with Crippen LogP contribution in [0.5, 0.6) is 0 Å². The van der Waals surface area contributed by atoms with Gasteiger partial charge in [-0.15, -0.1) is 0 Å². The van der Waals surface area contributed by atoms with Gasteiger partial charge in [-0.05, 0) is 26.7 Å². The summed E-state index contributed by atoms with van der Waals surface area (Å²) in [5.74, 6) is -0.859. The number of rotatable bonds is 11. The number of unbranched alkanes of at least 4 members (excludes halogenated alkanes) is 2. The zero-order valence-corrected chi connectivity index (χ0v) is 11.8. The van der Waals surface area contributed by atoms with Crippen molar-refractivity contribution in [3.05, 3.63) is 0 Å². The second-order valence-corrected chi connectivity index (χ2v) is 6.26. The Balaban J connectivity index is 3.55. The van der Waals surface area contributed by atoms with Gasteiger partial charge in [-0.25, -0.2) is 13.1 Å². The summed E-state index contributed by atoms with van der Waals surface area (Å²) in [4.78, 5) is 10.2. The highest BCUT2D eigenvalue weighted by atomic mass is 32.2. The Morgan fingerprint density at radius 2 is 1.94 bits per heavy atom. The van der Waals surface area contributed by atoms with Crippen molar-refractivity contribution >= 4 is 16.0 Å². The van der Waals surface area contributed by atoms with E-state index in [1.165, 1.54) is 0 Å². The second kappa shape index (κ2) is 9.29. The Bertz CT molecular complexity index is 326. The maximum Gasteiger partial charge on any atom is 0.303 e. The van der Waals surface area contributed by atoms with E-state index in [0.29, 0.717) is 25.8 Å². The van der Waals surface area contributed by atoms with Crippen LogP contribution in [0.1, 0.15) is 39.5 Å². The van der Waals surface area contributed by atoms with Crippen molar-refractivity contribution in [3.63, 3.8) is 0 Å². The number of ether oxygens (including phenoxy) is 1. The summed E-state index contributed by atoms with van der Waals surface area (Å²) in [6.07, 6.45) is 2.09. The molecule has 18 heavy (non-hydrogen) atoms. The molecule has 0 bridgehead atoms. The molecule has 108 valence electrons. The first-order valence-corrected chi connectivity index (χ1v) is 7.79. The van der Waals surface area contributed by atoms with Crippen molar-refractivity contribution in [1.29, 1.82) is 0 Å². The molecule has 7 heteroatoms. The summed E-state index contributed by atoms with van der Waals surface area (Å²) < 4.78 is 30.6. The van der Waals surface area contributed by atoms with Crippen molar-refractivity contribution in [1.82, 2.24) is 4.72 Å². The lowest BCUT2D eigenvalue weighted by Crippen LogP contribution is -2.29. The lowest BCUT2D eigenvalue weighted by Gasteiger charge is -2.09. The minimum atomic E-state index is -3.27. The van der Waals surface area contributed by atoms with Gasteiger partial charge in [0.25, 0.3) is 0 Å². The molecule has 0 fully saturated rings. The van der Waals surface area contributed by atoms with Crippen LogP contribution in [0.15, 0.2) is 0 Å². The molecule has 0 radical (unpaired) electrons. The SMILES string of the molecule is CC(C)OCCS(=O)(=O)NCCCCCC(=O)O. The summed E-state index contributed by atoms with van der Waals surface area (Å²) in [6, 6.07) is 0. The molecule has 0 saturated carbocycles. The average Bonchev–Trinajstić information content (AvgIpc) is 2.21. The van der Waals surface area contributed by atoms with E-state index in [0.717, 1.165) is 0 Å². The number of hydrogen-bond donors (Lipinski definition) is 2. The van der Waals surface area contributed by atoms with Crippen LogP contribution in [0.2, 0.25) is 0 Å². The maximum absolute atomic E-state index is 11.5. The molecule has 0 aliphatic rings. The van der Waals surface area contributed by atoms with Gasteiger partial charge in [-0.2, -0.15) is 0 Å². The minimum Gasteiger partial charge on any atom is -0.481 e. The molecule has 0 amide bonds. The van der Waals surface area contributed by atoms with Crippen molar-refractivity contribution in [2.24, 2.45) is 0 Å². The zero-order valence-electron chi connectivity index (χ0n) is 11.0. The normalized spacial score (nSPS) is 11.9. The number of carboxylic acid groups (broad SMARTS) is 1. The first-order valence-electron chi connectivity index (χ1n) is 6.14. The van der Waals surface area contributed by atoms with Crippen LogP contribution in [0, 0.1) is 0 Å². The summed E-state index contributed by atoms with van der Waals surface area (Å²) >= 11 is 0. The van der Waals surface area contributed by atoms with Gasteiger partial charge in [0, 0.05) is 13.0 Å². The summed E-state index contributed by atoms with van der Waals surface area (Å²) in [5, 5.41) is 8.42. The third kappa shape index (κ3) is 11.8.